The van der Waals surface area contributed by atoms with E-state index in [0.29, 0.717) is 11.4 Å². The molecular weight excluding hydrogens is 400 g/mol. The Kier molecular flexibility index (Phi) is 3.42. The first kappa shape index (κ1) is 17.8. The van der Waals surface area contributed by atoms with Gasteiger partial charge in [0.2, 0.25) is 0 Å². The lowest BCUT2D eigenvalue weighted by molar-refractivity contribution is 0.247. The van der Waals surface area contributed by atoms with Gasteiger partial charge in [0.15, 0.2) is 0 Å². The van der Waals surface area contributed by atoms with Crippen molar-refractivity contribution in [3.05, 3.63) is 103 Å². The van der Waals surface area contributed by atoms with Crippen LogP contribution >= 0.6 is 0 Å². The highest BCUT2D eigenvalue weighted by Crippen LogP contribution is 2.33. The molecule has 10 nitrogen and oxygen atoms in total. The minimum absolute atomic E-state index is 0.264. The van der Waals surface area contributed by atoms with Crippen LogP contribution in [-0.4, -0.2) is 27.9 Å². The van der Waals surface area contributed by atoms with E-state index in [1.54, 1.807) is 48.5 Å². The lowest BCUT2D eigenvalue weighted by Gasteiger charge is -2.18. The second kappa shape index (κ2) is 5.97. The lowest BCUT2D eigenvalue weighted by Crippen LogP contribution is -2.37. The summed E-state index contributed by atoms with van der Waals surface area (Å²) in [6, 6.07) is 17.5. The van der Waals surface area contributed by atoms with Gasteiger partial charge in [0.1, 0.15) is 0 Å². The number of fused-ring (bicyclic) bond motifs is 2. The summed E-state index contributed by atoms with van der Waals surface area (Å²) in [5, 5.41) is 0. The second-order valence-corrected chi connectivity index (χ2v) is 8.20. The van der Waals surface area contributed by atoms with E-state index >= 15 is 0 Å². The van der Waals surface area contributed by atoms with Crippen LogP contribution in [0.2, 0.25) is 0 Å². The van der Waals surface area contributed by atoms with Crippen molar-refractivity contribution in [2.24, 2.45) is 5.41 Å². The van der Waals surface area contributed by atoms with E-state index in [1.807, 2.05) is 12.1 Å². The third-order valence-electron chi connectivity index (χ3n) is 6.20. The van der Waals surface area contributed by atoms with Gasteiger partial charge in [0.25, 0.3) is 0 Å². The summed E-state index contributed by atoms with van der Waals surface area (Å²) in [6.07, 6.45) is 0. The van der Waals surface area contributed by atoms with Crippen LogP contribution in [0.25, 0.3) is 11.4 Å². The third-order valence-corrected chi connectivity index (χ3v) is 6.20. The van der Waals surface area contributed by atoms with E-state index < -0.39 is 28.2 Å². The maximum atomic E-state index is 13.0. The molecule has 2 aliphatic heterocycles. The number of hydrogen-bond donors (Lipinski definition) is 0. The van der Waals surface area contributed by atoms with Crippen molar-refractivity contribution in [1.82, 2.24) is 27.9 Å². The monoisotopic (exact) mass is 418 g/mol. The van der Waals surface area contributed by atoms with Gasteiger partial charge in [-0.25, -0.2) is 47.0 Å². The summed E-state index contributed by atoms with van der Waals surface area (Å²) in [7, 11) is 0. The molecule has 0 radical (unpaired) electrons. The number of rotatable bonds is 2. The Hall–Kier alpha value is -4.08. The zero-order valence-corrected chi connectivity index (χ0v) is 16.4. The molecule has 0 saturated heterocycles. The van der Waals surface area contributed by atoms with Gasteiger partial charge in [-0.1, -0.05) is 36.4 Å². The number of benzene rings is 2. The zero-order chi connectivity index (χ0) is 21.3. The van der Waals surface area contributed by atoms with Gasteiger partial charge in [0, 0.05) is 5.41 Å². The van der Waals surface area contributed by atoms with E-state index in [0.717, 1.165) is 9.13 Å². The Morgan fingerprint density at radius 3 is 1.06 bits per heavy atom. The van der Waals surface area contributed by atoms with Crippen LogP contribution in [0, 0.1) is 5.41 Å². The summed E-state index contributed by atoms with van der Waals surface area (Å²) in [6.45, 7) is 1.05. The summed E-state index contributed by atoms with van der Waals surface area (Å²) in [4.78, 5) is 51.9. The fourth-order valence-corrected chi connectivity index (χ4v) is 4.82. The Labute approximate surface area is 174 Å². The standard InChI is InChI=1S/C21H18N6O4/c28-17-22-11-21(12-23(22)18(29)26(17)15-7-3-1-4-8-15)13-24-19(30)27(20(31)25(24)14-21)16-9-5-2-6-10-16/h1-10H,11-14H2. The molecular formula is C21H18N6O4. The molecule has 1 spiro atoms. The first-order valence-electron chi connectivity index (χ1n) is 9.95. The first-order valence-corrected chi connectivity index (χ1v) is 9.95. The molecule has 10 heteroatoms. The number of hydrogen-bond acceptors (Lipinski definition) is 4. The van der Waals surface area contributed by atoms with Gasteiger partial charge in [-0.3, -0.25) is 0 Å². The number of nitrogens with zero attached hydrogens (tertiary/aromatic N) is 6. The highest BCUT2D eigenvalue weighted by molar-refractivity contribution is 5.31. The van der Waals surface area contributed by atoms with Crippen LogP contribution in [0.3, 0.4) is 0 Å². The van der Waals surface area contributed by atoms with Crippen molar-refractivity contribution in [3.63, 3.8) is 0 Å². The molecule has 6 rings (SSSR count). The highest BCUT2D eigenvalue weighted by atomic mass is 16.2. The Balaban J connectivity index is 1.39. The molecule has 156 valence electrons. The van der Waals surface area contributed by atoms with E-state index in [4.69, 9.17) is 0 Å². The van der Waals surface area contributed by atoms with Crippen molar-refractivity contribution in [2.45, 2.75) is 26.2 Å². The zero-order valence-electron chi connectivity index (χ0n) is 16.4. The number of aromatic nitrogens is 6. The minimum Gasteiger partial charge on any atom is -0.246 e. The third kappa shape index (κ3) is 2.32. The normalized spacial score (nSPS) is 16.0. The Morgan fingerprint density at radius 1 is 0.484 bits per heavy atom. The molecule has 4 heterocycles. The van der Waals surface area contributed by atoms with E-state index in [1.165, 1.54) is 18.7 Å². The van der Waals surface area contributed by atoms with Crippen molar-refractivity contribution < 1.29 is 0 Å². The molecule has 2 aromatic heterocycles. The van der Waals surface area contributed by atoms with Gasteiger partial charge in [-0.2, -0.15) is 0 Å². The van der Waals surface area contributed by atoms with Gasteiger partial charge in [-0.05, 0) is 24.3 Å². The Bertz CT molecular complexity index is 1360. The van der Waals surface area contributed by atoms with Gasteiger partial charge in [-0.15, -0.1) is 0 Å². The van der Waals surface area contributed by atoms with Crippen LogP contribution < -0.4 is 22.8 Å². The average molecular weight is 418 g/mol. The van der Waals surface area contributed by atoms with Crippen molar-refractivity contribution in [2.75, 3.05) is 0 Å². The van der Waals surface area contributed by atoms with Crippen LogP contribution in [0.15, 0.2) is 79.8 Å². The molecule has 0 unspecified atom stereocenters. The molecule has 2 aliphatic rings. The van der Waals surface area contributed by atoms with Crippen molar-refractivity contribution in [3.8, 4) is 11.4 Å². The summed E-state index contributed by atoms with van der Waals surface area (Å²) in [5.41, 5.74) is -1.21. The molecule has 0 N–H and O–H groups in total. The van der Waals surface area contributed by atoms with Crippen LogP contribution in [0.5, 0.6) is 0 Å². The predicted octanol–water partition coefficient (Wildman–Crippen LogP) is -0.371. The molecule has 0 bridgehead atoms. The SMILES string of the molecule is O=c1n(-c2ccccc2)c(=O)n2n1CC1(C2)Cn2c(=O)n(-c3ccccc3)c(=O)n2C1. The topological polar surface area (TPSA) is 97.9 Å². The summed E-state index contributed by atoms with van der Waals surface area (Å²) in [5.74, 6) is 0. The minimum atomic E-state index is -0.567. The van der Waals surface area contributed by atoms with E-state index in [2.05, 4.69) is 0 Å². The predicted molar refractivity (Wildman–Crippen MR) is 111 cm³/mol. The number of para-hydroxylation sites is 2. The fourth-order valence-electron chi connectivity index (χ4n) is 4.82. The highest BCUT2D eigenvalue weighted by Gasteiger charge is 2.47. The van der Waals surface area contributed by atoms with Crippen LogP contribution in [0.1, 0.15) is 0 Å². The smallest absolute Gasteiger partial charge is 0.246 e. The largest absolute Gasteiger partial charge is 0.351 e. The lowest BCUT2D eigenvalue weighted by atomic mass is 9.90. The van der Waals surface area contributed by atoms with Gasteiger partial charge >= 0.3 is 22.8 Å². The fraction of sp³-hybridized carbons (Fsp3) is 0.238. The van der Waals surface area contributed by atoms with Crippen LogP contribution in [0.4, 0.5) is 0 Å². The molecule has 0 aliphatic carbocycles. The first-order chi connectivity index (χ1) is 15.0. The van der Waals surface area contributed by atoms with Gasteiger partial charge < -0.3 is 0 Å². The summed E-state index contributed by atoms with van der Waals surface area (Å²) >= 11 is 0. The van der Waals surface area contributed by atoms with E-state index in [-0.39, 0.29) is 26.2 Å². The molecule has 0 fully saturated rings. The maximum Gasteiger partial charge on any atom is 0.351 e. The van der Waals surface area contributed by atoms with Crippen molar-refractivity contribution in [1.29, 1.82) is 0 Å². The molecule has 31 heavy (non-hydrogen) atoms. The molecule has 0 atom stereocenters. The van der Waals surface area contributed by atoms with E-state index in [9.17, 15) is 19.2 Å². The molecule has 0 amide bonds. The molecule has 0 saturated carbocycles. The average Bonchev–Trinajstić information content (AvgIpc) is 3.47. The summed E-state index contributed by atoms with van der Waals surface area (Å²) < 4.78 is 7.98. The van der Waals surface area contributed by atoms with Crippen molar-refractivity contribution >= 4 is 0 Å². The molecule has 2 aromatic carbocycles. The Morgan fingerprint density at radius 2 is 0.774 bits per heavy atom. The van der Waals surface area contributed by atoms with Gasteiger partial charge in [0.05, 0.1) is 37.6 Å². The second-order valence-electron chi connectivity index (χ2n) is 8.20. The molecule has 4 aromatic rings. The van der Waals surface area contributed by atoms with Crippen LogP contribution in [-0.2, 0) is 26.2 Å². The maximum absolute atomic E-state index is 13.0. The quantitative estimate of drug-likeness (QED) is 0.444.